The van der Waals surface area contributed by atoms with Gasteiger partial charge < -0.3 is 10.4 Å². The van der Waals surface area contributed by atoms with Crippen LogP contribution in [0.25, 0.3) is 11.6 Å². The average Bonchev–Trinajstić information content (AvgIpc) is 3.82. The summed E-state index contributed by atoms with van der Waals surface area (Å²) in [5, 5.41) is 15.9. The van der Waals surface area contributed by atoms with Crippen LogP contribution < -0.4 is 5.32 Å². The second-order valence-electron chi connectivity index (χ2n) is 13.2. The fourth-order valence-electron chi connectivity index (χ4n) is 8.22. The van der Waals surface area contributed by atoms with Crippen molar-refractivity contribution in [3.05, 3.63) is 191 Å². The highest BCUT2D eigenvalue weighted by molar-refractivity contribution is 6.08. The lowest BCUT2D eigenvalue weighted by atomic mass is 9.71. The van der Waals surface area contributed by atoms with Crippen LogP contribution in [0.15, 0.2) is 163 Å². The number of allylic oxidation sites excluding steroid dienone is 2. The lowest BCUT2D eigenvalue weighted by Crippen LogP contribution is -2.40. The molecule has 2 N–H and O–H groups in total. The first-order valence-electron chi connectivity index (χ1n) is 17.5. The smallest absolute Gasteiger partial charge is 0.244 e. The minimum Gasteiger partial charge on any atom is -0.375 e. The summed E-state index contributed by atoms with van der Waals surface area (Å²) < 4.78 is 0. The van der Waals surface area contributed by atoms with E-state index in [4.69, 9.17) is 4.98 Å². The van der Waals surface area contributed by atoms with Crippen molar-refractivity contribution >= 4 is 29.4 Å². The quantitative estimate of drug-likeness (QED) is 0.109. The number of pyridine rings is 2. The van der Waals surface area contributed by atoms with Gasteiger partial charge in [0.15, 0.2) is 5.60 Å². The van der Waals surface area contributed by atoms with Crippen LogP contribution in [0.3, 0.4) is 0 Å². The molecular formula is C44H36N4O4. The van der Waals surface area contributed by atoms with E-state index in [1.54, 1.807) is 30.6 Å². The summed E-state index contributed by atoms with van der Waals surface area (Å²) in [6.07, 6.45) is 8.54. The van der Waals surface area contributed by atoms with Crippen LogP contribution in [-0.4, -0.2) is 50.8 Å². The molecule has 0 radical (unpaired) electrons. The molecule has 1 aliphatic heterocycles. The molecule has 1 saturated heterocycles. The summed E-state index contributed by atoms with van der Waals surface area (Å²) in [5.41, 5.74) is 4.21. The van der Waals surface area contributed by atoms with E-state index in [0.717, 1.165) is 28.0 Å². The van der Waals surface area contributed by atoms with Crippen LogP contribution in [0.5, 0.6) is 0 Å². The van der Waals surface area contributed by atoms with Gasteiger partial charge in [0.25, 0.3) is 0 Å². The summed E-state index contributed by atoms with van der Waals surface area (Å²) in [5.74, 6) is -3.47. The Hall–Kier alpha value is -6.25. The molecule has 8 nitrogen and oxygen atoms in total. The molecule has 3 amide bonds. The van der Waals surface area contributed by atoms with Gasteiger partial charge in [-0.05, 0) is 58.2 Å². The Bertz CT molecular complexity index is 2120. The molecule has 2 fully saturated rings. The van der Waals surface area contributed by atoms with E-state index < -0.39 is 29.3 Å². The number of carbonyl (C=O) groups excluding carboxylic acids is 3. The minimum atomic E-state index is -1.69. The summed E-state index contributed by atoms with van der Waals surface area (Å²) >= 11 is 0. The van der Waals surface area contributed by atoms with Gasteiger partial charge in [-0.1, -0.05) is 109 Å². The van der Waals surface area contributed by atoms with Gasteiger partial charge in [0.2, 0.25) is 17.7 Å². The highest BCUT2D eigenvalue weighted by Crippen LogP contribution is 2.64. The second kappa shape index (κ2) is 13.8. The molecule has 1 saturated carbocycles. The van der Waals surface area contributed by atoms with E-state index in [2.05, 4.69) is 10.3 Å². The van der Waals surface area contributed by atoms with E-state index in [-0.39, 0.29) is 30.8 Å². The number of amides is 3. The Balaban J connectivity index is 1.20. The molecule has 8 heteroatoms. The molecule has 1 unspecified atom stereocenters. The van der Waals surface area contributed by atoms with Crippen molar-refractivity contribution in [2.24, 2.45) is 23.7 Å². The minimum absolute atomic E-state index is 0.0401. The zero-order chi connectivity index (χ0) is 35.7. The predicted molar refractivity (Wildman–Crippen MR) is 198 cm³/mol. The molecule has 2 bridgehead atoms. The number of hydrogen-bond donors (Lipinski definition) is 2. The Morgan fingerprint density at radius 1 is 0.769 bits per heavy atom. The van der Waals surface area contributed by atoms with Crippen LogP contribution in [0, 0.1) is 23.7 Å². The molecule has 2 aromatic heterocycles. The fourth-order valence-corrected chi connectivity index (χ4v) is 8.22. The molecule has 3 aliphatic rings. The first kappa shape index (κ1) is 32.9. The number of imide groups is 1. The molecule has 5 atom stereocenters. The molecule has 3 heterocycles. The highest BCUT2D eigenvalue weighted by atomic mass is 16.3. The predicted octanol–water partition coefficient (Wildman–Crippen LogP) is 5.83. The maximum Gasteiger partial charge on any atom is 0.244 e. The number of aliphatic hydroxyl groups is 1. The van der Waals surface area contributed by atoms with E-state index >= 15 is 0 Å². The van der Waals surface area contributed by atoms with Gasteiger partial charge in [-0.25, -0.2) is 0 Å². The summed E-state index contributed by atoms with van der Waals surface area (Å²) in [6, 6.07) is 39.9. The molecule has 8 rings (SSSR count). The van der Waals surface area contributed by atoms with E-state index in [9.17, 15) is 19.5 Å². The average molecular weight is 685 g/mol. The molecule has 52 heavy (non-hydrogen) atoms. The number of benzene rings is 3. The first-order chi connectivity index (χ1) is 25.5. The SMILES string of the molecule is O=C(/C=C/c1ccccc1)NCCN1C(=O)[C@@H]2[C@@H]3C(C(O)(c4ccccc4)c4ccccn4)=C[C@@H](C3=C(c3ccccc3)c3ccccn3)[C@@H]2C1=O. The molecule has 5 aromatic rings. The zero-order valence-electron chi connectivity index (χ0n) is 28.2. The number of fused-ring (bicyclic) bond motifs is 5. The van der Waals surface area contributed by atoms with Gasteiger partial charge in [0, 0.05) is 49.0 Å². The number of rotatable bonds is 10. The van der Waals surface area contributed by atoms with Crippen molar-refractivity contribution in [3.63, 3.8) is 0 Å². The van der Waals surface area contributed by atoms with Gasteiger partial charge in [-0.3, -0.25) is 29.3 Å². The van der Waals surface area contributed by atoms with Crippen molar-refractivity contribution in [3.8, 4) is 0 Å². The van der Waals surface area contributed by atoms with Gasteiger partial charge in [0.05, 0.1) is 23.2 Å². The standard InChI is InChI=1S/C44H36N4O4/c49-36(23-22-29-14-4-1-5-15-29)47-26-27-48-42(50)39-32-28-33(44(52,31-18-8-3-9-19-31)35-21-11-13-25-46-35)40(41(39)43(48)51)38(32)37(30-16-6-2-7-17-30)34-20-10-12-24-45-34/h1-25,28,32,39-41,52H,26-27H2,(H,47,49)/b23-22+,38-37?/t32-,39-,40+,41-,44?/m0/s1. The summed E-state index contributed by atoms with van der Waals surface area (Å²) in [6.45, 7) is 0.149. The van der Waals surface area contributed by atoms with Crippen LogP contribution in [-0.2, 0) is 20.0 Å². The number of aromatic nitrogens is 2. The fraction of sp³-hybridized carbons (Fsp3) is 0.159. The molecular weight excluding hydrogens is 649 g/mol. The topological polar surface area (TPSA) is 112 Å². The third kappa shape index (κ3) is 5.67. The molecule has 3 aromatic carbocycles. The summed E-state index contributed by atoms with van der Waals surface area (Å²) in [7, 11) is 0. The van der Waals surface area contributed by atoms with E-state index in [1.807, 2.05) is 121 Å². The van der Waals surface area contributed by atoms with Gasteiger partial charge >= 0.3 is 0 Å². The van der Waals surface area contributed by atoms with E-state index in [0.29, 0.717) is 16.8 Å². The van der Waals surface area contributed by atoms with Crippen molar-refractivity contribution in [2.45, 2.75) is 5.60 Å². The number of carbonyl (C=O) groups is 3. The third-order valence-corrected chi connectivity index (χ3v) is 10.4. The normalized spacial score (nSPS) is 22.6. The lowest BCUT2D eigenvalue weighted by Gasteiger charge is -2.36. The van der Waals surface area contributed by atoms with Crippen molar-refractivity contribution in [1.82, 2.24) is 20.2 Å². The Morgan fingerprint density at radius 3 is 2.08 bits per heavy atom. The van der Waals surface area contributed by atoms with Gasteiger partial charge in [0.1, 0.15) is 0 Å². The van der Waals surface area contributed by atoms with Crippen LogP contribution >= 0.6 is 0 Å². The van der Waals surface area contributed by atoms with Crippen LogP contribution in [0.4, 0.5) is 0 Å². The van der Waals surface area contributed by atoms with Crippen LogP contribution in [0.1, 0.15) is 28.1 Å². The van der Waals surface area contributed by atoms with Crippen molar-refractivity contribution < 1.29 is 19.5 Å². The van der Waals surface area contributed by atoms with Gasteiger partial charge in [-0.2, -0.15) is 0 Å². The largest absolute Gasteiger partial charge is 0.375 e. The second-order valence-corrected chi connectivity index (χ2v) is 13.2. The maximum atomic E-state index is 14.6. The number of likely N-dealkylation sites (tertiary alicyclic amines) is 1. The highest BCUT2D eigenvalue weighted by Gasteiger charge is 2.66. The monoisotopic (exact) mass is 684 g/mol. The van der Waals surface area contributed by atoms with E-state index in [1.165, 1.54) is 11.0 Å². The molecule has 256 valence electrons. The number of nitrogens with one attached hydrogen (secondary N) is 1. The zero-order valence-corrected chi connectivity index (χ0v) is 28.2. The van der Waals surface area contributed by atoms with Crippen molar-refractivity contribution in [1.29, 1.82) is 0 Å². The maximum absolute atomic E-state index is 14.6. The molecule has 0 spiro atoms. The van der Waals surface area contributed by atoms with Crippen LogP contribution in [0.2, 0.25) is 0 Å². The molecule has 2 aliphatic carbocycles. The Labute approximate surface area is 301 Å². The number of hydrogen-bond acceptors (Lipinski definition) is 6. The lowest BCUT2D eigenvalue weighted by molar-refractivity contribution is -0.140. The summed E-state index contributed by atoms with van der Waals surface area (Å²) in [4.78, 5) is 52.2. The van der Waals surface area contributed by atoms with Gasteiger partial charge in [-0.15, -0.1) is 0 Å². The Morgan fingerprint density at radius 2 is 1.40 bits per heavy atom. The Kier molecular flexibility index (Phi) is 8.75. The number of nitrogens with zero attached hydrogens (tertiary/aromatic N) is 3. The third-order valence-electron chi connectivity index (χ3n) is 10.4. The van der Waals surface area contributed by atoms with Crippen molar-refractivity contribution in [2.75, 3.05) is 13.1 Å². The first-order valence-corrected chi connectivity index (χ1v) is 17.5.